The Morgan fingerprint density at radius 3 is 2.69 bits per heavy atom. The minimum absolute atomic E-state index is 0.101. The number of rotatable bonds is 6. The quantitative estimate of drug-likeness (QED) is 0.456. The predicted octanol–water partition coefficient (Wildman–Crippen LogP) is 4.69. The Bertz CT molecular complexity index is 806. The maximum atomic E-state index is 14.6. The third-order valence-electron chi connectivity index (χ3n) is 4.17. The second-order valence-electron chi connectivity index (χ2n) is 6.00. The van der Waals surface area contributed by atoms with Crippen molar-refractivity contribution < 1.29 is 13.9 Å². The lowest BCUT2D eigenvalue weighted by Crippen LogP contribution is -2.19. The molecule has 1 aliphatic rings. The van der Waals surface area contributed by atoms with Crippen LogP contribution in [-0.4, -0.2) is 17.5 Å². The Kier molecular flexibility index (Phi) is 6.39. The molecule has 1 aromatic rings. The fourth-order valence-corrected chi connectivity index (χ4v) is 2.92. The van der Waals surface area contributed by atoms with Crippen molar-refractivity contribution in [3.63, 3.8) is 0 Å². The molecule has 1 heterocycles. The van der Waals surface area contributed by atoms with E-state index in [-0.39, 0.29) is 11.7 Å². The molecule has 0 fully saturated rings. The normalized spacial score (nSPS) is 15.5. The van der Waals surface area contributed by atoms with Crippen molar-refractivity contribution in [2.75, 3.05) is 12.3 Å². The molecule has 0 amide bonds. The summed E-state index contributed by atoms with van der Waals surface area (Å²) >= 11 is 0. The lowest BCUT2D eigenvalue weighted by molar-refractivity contribution is -0.138. The summed E-state index contributed by atoms with van der Waals surface area (Å²) in [6, 6.07) is 3.34. The maximum Gasteiger partial charge on any atom is 0.336 e. The third kappa shape index (κ3) is 3.87. The molecule has 0 spiro atoms. The van der Waals surface area contributed by atoms with Crippen LogP contribution in [0.15, 0.2) is 54.5 Å². The maximum absolute atomic E-state index is 14.6. The summed E-state index contributed by atoms with van der Waals surface area (Å²) in [5, 5.41) is 0. The van der Waals surface area contributed by atoms with Crippen molar-refractivity contribution in [3.05, 3.63) is 71.5 Å². The number of esters is 1. The molecule has 138 valence electrons. The molecule has 0 aliphatic carbocycles. The number of nitrogen functional groups attached to an aromatic ring is 1. The van der Waals surface area contributed by atoms with Gasteiger partial charge in [-0.2, -0.15) is 0 Å². The van der Waals surface area contributed by atoms with Gasteiger partial charge in [0.15, 0.2) is 5.82 Å². The molecule has 4 nitrogen and oxygen atoms in total. The van der Waals surface area contributed by atoms with Crippen LogP contribution in [0.3, 0.4) is 0 Å². The van der Waals surface area contributed by atoms with E-state index < -0.39 is 5.82 Å². The number of halogens is 1. The summed E-state index contributed by atoms with van der Waals surface area (Å²) < 4.78 is 19.7. The molecular formula is C21H25FN2O2. The fourth-order valence-electron chi connectivity index (χ4n) is 2.92. The van der Waals surface area contributed by atoms with Crippen LogP contribution >= 0.6 is 0 Å². The molecule has 0 saturated carbocycles. The average Bonchev–Trinajstić information content (AvgIpc) is 2.63. The van der Waals surface area contributed by atoms with Crippen LogP contribution in [0.1, 0.15) is 37.8 Å². The van der Waals surface area contributed by atoms with E-state index in [0.717, 1.165) is 12.0 Å². The minimum Gasteiger partial charge on any atom is -0.463 e. The first-order valence-corrected chi connectivity index (χ1v) is 8.70. The lowest BCUT2D eigenvalue weighted by Gasteiger charge is -2.25. The van der Waals surface area contributed by atoms with Crippen LogP contribution < -0.4 is 5.73 Å². The number of nitrogens with zero attached hydrogens (tertiary/aromatic N) is 1. The molecule has 2 N–H and O–H groups in total. The molecule has 0 atom stereocenters. The van der Waals surface area contributed by atoms with Crippen molar-refractivity contribution >= 4 is 17.2 Å². The Morgan fingerprint density at radius 1 is 1.35 bits per heavy atom. The molecule has 5 heteroatoms. The van der Waals surface area contributed by atoms with Gasteiger partial charge in [0.2, 0.25) is 0 Å². The van der Waals surface area contributed by atoms with Gasteiger partial charge in [0.1, 0.15) is 0 Å². The highest BCUT2D eigenvalue weighted by Crippen LogP contribution is 2.32. The molecule has 0 aromatic heterocycles. The number of ether oxygens (including phenoxy) is 1. The van der Waals surface area contributed by atoms with Crippen LogP contribution in [0.25, 0.3) is 5.57 Å². The Hall–Kier alpha value is -2.82. The van der Waals surface area contributed by atoms with Gasteiger partial charge >= 0.3 is 5.97 Å². The number of carbonyl (C=O) groups excluding carboxylic acids is 1. The monoisotopic (exact) mass is 356 g/mol. The van der Waals surface area contributed by atoms with Gasteiger partial charge in [0, 0.05) is 23.5 Å². The van der Waals surface area contributed by atoms with Gasteiger partial charge in [-0.3, -0.25) is 0 Å². The summed E-state index contributed by atoms with van der Waals surface area (Å²) in [5.41, 5.74) is 8.97. The Balaban J connectivity index is 2.53. The number of allylic oxidation sites excluding steroid dienone is 3. The fraction of sp³-hybridized carbons (Fsp3) is 0.286. The highest BCUT2D eigenvalue weighted by molar-refractivity contribution is 5.91. The first kappa shape index (κ1) is 19.5. The highest BCUT2D eigenvalue weighted by Gasteiger charge is 2.22. The Morgan fingerprint density at radius 2 is 2.08 bits per heavy atom. The van der Waals surface area contributed by atoms with Crippen molar-refractivity contribution in [2.24, 2.45) is 0 Å². The summed E-state index contributed by atoms with van der Waals surface area (Å²) in [6.45, 7) is 9.73. The van der Waals surface area contributed by atoms with Gasteiger partial charge in [0.25, 0.3) is 0 Å². The van der Waals surface area contributed by atoms with E-state index in [0.29, 0.717) is 35.4 Å². The number of anilines is 1. The number of benzene rings is 1. The van der Waals surface area contributed by atoms with Crippen LogP contribution in [0.2, 0.25) is 0 Å². The van der Waals surface area contributed by atoms with Crippen molar-refractivity contribution in [3.8, 4) is 0 Å². The molecular weight excluding hydrogens is 331 g/mol. The van der Waals surface area contributed by atoms with E-state index in [9.17, 15) is 9.18 Å². The largest absolute Gasteiger partial charge is 0.463 e. The summed E-state index contributed by atoms with van der Waals surface area (Å²) in [5.74, 6) is -0.791. The van der Waals surface area contributed by atoms with Gasteiger partial charge in [-0.1, -0.05) is 32.1 Å². The molecule has 1 aliphatic heterocycles. The average molecular weight is 356 g/mol. The van der Waals surface area contributed by atoms with Crippen molar-refractivity contribution in [1.82, 2.24) is 4.90 Å². The van der Waals surface area contributed by atoms with Crippen LogP contribution in [-0.2, 0) is 9.53 Å². The number of hydrogen-bond donors (Lipinski definition) is 1. The van der Waals surface area contributed by atoms with Crippen molar-refractivity contribution in [2.45, 2.75) is 33.6 Å². The third-order valence-corrected chi connectivity index (χ3v) is 4.17. The van der Waals surface area contributed by atoms with E-state index in [1.165, 1.54) is 0 Å². The smallest absolute Gasteiger partial charge is 0.336 e. The zero-order valence-corrected chi connectivity index (χ0v) is 15.5. The predicted molar refractivity (Wildman–Crippen MR) is 103 cm³/mol. The SMILES string of the molecule is C=CN1C=C(c2c(C)ccc(N)c2F)C=C/C1=C(/CCC)C(=O)OCC. The van der Waals surface area contributed by atoms with Crippen LogP contribution in [0.4, 0.5) is 10.1 Å². The standard InChI is InChI=1S/C21H25FN2O2/c1-5-8-16(21(25)26-7-3)18-12-10-15(13-24(18)6-2)19-14(4)9-11-17(23)20(19)22/h6,9-13H,2,5,7-8,23H2,1,3-4H3/b18-16+. The first-order valence-electron chi connectivity index (χ1n) is 8.70. The van der Waals surface area contributed by atoms with Crippen molar-refractivity contribution in [1.29, 1.82) is 0 Å². The van der Waals surface area contributed by atoms with E-state index in [1.807, 2.05) is 13.8 Å². The second kappa shape index (κ2) is 8.52. The van der Waals surface area contributed by atoms with Gasteiger partial charge < -0.3 is 15.4 Å². The summed E-state index contributed by atoms with van der Waals surface area (Å²) in [4.78, 5) is 14.0. The van der Waals surface area contributed by atoms with E-state index in [4.69, 9.17) is 10.5 Å². The molecule has 0 bridgehead atoms. The zero-order valence-electron chi connectivity index (χ0n) is 15.5. The molecule has 26 heavy (non-hydrogen) atoms. The van der Waals surface area contributed by atoms with E-state index in [1.54, 1.807) is 48.5 Å². The topological polar surface area (TPSA) is 55.6 Å². The summed E-state index contributed by atoms with van der Waals surface area (Å²) in [7, 11) is 0. The molecule has 2 rings (SSSR count). The van der Waals surface area contributed by atoms with Gasteiger partial charge in [-0.25, -0.2) is 9.18 Å². The van der Waals surface area contributed by atoms with Gasteiger partial charge in [-0.05, 0) is 38.0 Å². The van der Waals surface area contributed by atoms with E-state index >= 15 is 0 Å². The number of carbonyl (C=O) groups is 1. The highest BCUT2D eigenvalue weighted by atomic mass is 19.1. The molecule has 0 radical (unpaired) electrons. The second-order valence-corrected chi connectivity index (χ2v) is 6.00. The van der Waals surface area contributed by atoms with Crippen LogP contribution in [0.5, 0.6) is 0 Å². The number of hydrogen-bond acceptors (Lipinski definition) is 4. The zero-order chi connectivity index (χ0) is 19.3. The van der Waals surface area contributed by atoms with E-state index in [2.05, 4.69) is 6.58 Å². The molecule has 0 unspecified atom stereocenters. The molecule has 0 saturated heterocycles. The molecule has 1 aromatic carbocycles. The van der Waals surface area contributed by atoms with Gasteiger partial charge in [0.05, 0.1) is 23.6 Å². The summed E-state index contributed by atoms with van der Waals surface area (Å²) in [6.07, 6.45) is 8.30. The Labute approximate surface area is 154 Å². The minimum atomic E-state index is -0.448. The number of nitrogens with two attached hydrogens (primary N) is 1. The number of aryl methyl sites for hydroxylation is 1. The lowest BCUT2D eigenvalue weighted by atomic mass is 9.96. The van der Waals surface area contributed by atoms with Crippen LogP contribution in [0, 0.1) is 12.7 Å². The van der Waals surface area contributed by atoms with Gasteiger partial charge in [-0.15, -0.1) is 0 Å². The first-order chi connectivity index (χ1) is 12.4.